The van der Waals surface area contributed by atoms with E-state index in [1.165, 1.54) is 0 Å². The zero-order chi connectivity index (χ0) is 24.6. The van der Waals surface area contributed by atoms with Crippen LogP contribution in [0.25, 0.3) is 21.4 Å². The number of aromatic nitrogens is 1. The number of carbonyl (C=O) groups excluding carboxylic acids is 2. The maximum Gasteiger partial charge on any atom is 0.274 e. The second-order valence-electron chi connectivity index (χ2n) is 9.96. The van der Waals surface area contributed by atoms with Gasteiger partial charge < -0.3 is 14.6 Å². The molecule has 2 aromatic heterocycles. The number of hydrogen-bond acceptors (Lipinski definition) is 5. The fourth-order valence-corrected chi connectivity index (χ4v) is 5.82. The van der Waals surface area contributed by atoms with Crippen molar-refractivity contribution in [1.29, 1.82) is 0 Å². The van der Waals surface area contributed by atoms with Crippen LogP contribution >= 0.6 is 11.3 Å². The molecule has 2 aromatic carbocycles. The molecule has 2 saturated carbocycles. The molecule has 36 heavy (non-hydrogen) atoms. The van der Waals surface area contributed by atoms with E-state index in [1.54, 1.807) is 29.7 Å². The van der Waals surface area contributed by atoms with Gasteiger partial charge in [-0.1, -0.05) is 35.9 Å². The predicted octanol–water partition coefficient (Wildman–Crippen LogP) is 6.02. The van der Waals surface area contributed by atoms with Crippen molar-refractivity contribution in [3.8, 4) is 10.4 Å². The van der Waals surface area contributed by atoms with Crippen molar-refractivity contribution < 1.29 is 14.0 Å². The maximum atomic E-state index is 13.9. The molecule has 0 saturated heterocycles. The first-order chi connectivity index (χ1) is 17.6. The third kappa shape index (κ3) is 4.80. The minimum Gasteiger partial charge on any atom is -0.464 e. The molecule has 4 aromatic rings. The Labute approximate surface area is 214 Å². The van der Waals surface area contributed by atoms with Crippen LogP contribution in [0.5, 0.6) is 0 Å². The van der Waals surface area contributed by atoms with Gasteiger partial charge in [-0.25, -0.2) is 4.98 Å². The highest BCUT2D eigenvalue weighted by molar-refractivity contribution is 7.15. The molecule has 0 atom stereocenters. The molecule has 2 aliphatic carbocycles. The number of thiazole rings is 1. The molecule has 6 rings (SSSR count). The van der Waals surface area contributed by atoms with Crippen LogP contribution in [0.3, 0.4) is 0 Å². The van der Waals surface area contributed by atoms with E-state index < -0.39 is 0 Å². The van der Waals surface area contributed by atoms with E-state index in [-0.39, 0.29) is 11.8 Å². The lowest BCUT2D eigenvalue weighted by Gasteiger charge is -2.22. The summed E-state index contributed by atoms with van der Waals surface area (Å²) in [6.45, 7) is 3.60. The van der Waals surface area contributed by atoms with Gasteiger partial charge in [-0.2, -0.15) is 0 Å². The molecule has 2 fully saturated rings. The number of aryl methyl sites for hydroxylation is 1. The Morgan fingerprint density at radius 3 is 2.72 bits per heavy atom. The molecule has 184 valence electrons. The van der Waals surface area contributed by atoms with Gasteiger partial charge in [0.25, 0.3) is 11.8 Å². The summed E-state index contributed by atoms with van der Waals surface area (Å²) in [7, 11) is 0. The van der Waals surface area contributed by atoms with E-state index in [0.717, 1.165) is 52.1 Å². The van der Waals surface area contributed by atoms with Gasteiger partial charge in [-0.05, 0) is 62.3 Å². The van der Waals surface area contributed by atoms with Crippen molar-refractivity contribution in [2.45, 2.75) is 38.5 Å². The van der Waals surface area contributed by atoms with E-state index in [2.05, 4.69) is 30.4 Å². The standard InChI is InChI=1S/C29H29N3O3S/c1-18-4-2-5-21(16-18)26-25(31-28(36-26)20-10-11-20)29(34)32(17-19-8-9-19)14-13-30-27(33)23-6-3-7-24-22(23)12-15-35-24/h2-7,12,15-16,19-20H,8-11,13-14,17H2,1H3,(H,30,33). The summed E-state index contributed by atoms with van der Waals surface area (Å²) in [5.74, 6) is 0.828. The van der Waals surface area contributed by atoms with E-state index in [9.17, 15) is 9.59 Å². The van der Waals surface area contributed by atoms with Crippen LogP contribution < -0.4 is 5.32 Å². The summed E-state index contributed by atoms with van der Waals surface area (Å²) in [6, 6.07) is 15.6. The average Bonchev–Trinajstić information content (AvgIpc) is 3.80. The first-order valence-corrected chi connectivity index (χ1v) is 13.5. The molecule has 7 heteroatoms. The van der Waals surface area contributed by atoms with Crippen LogP contribution in [-0.2, 0) is 0 Å². The normalized spacial score (nSPS) is 15.2. The molecular formula is C29H29N3O3S. The number of fused-ring (bicyclic) bond motifs is 1. The molecule has 0 spiro atoms. The number of carbonyl (C=O) groups is 2. The summed E-state index contributed by atoms with van der Waals surface area (Å²) in [5, 5.41) is 4.87. The third-order valence-electron chi connectivity index (χ3n) is 6.92. The highest BCUT2D eigenvalue weighted by Gasteiger charge is 2.33. The Bertz CT molecular complexity index is 1430. The number of amides is 2. The largest absolute Gasteiger partial charge is 0.464 e. The number of furan rings is 1. The maximum absolute atomic E-state index is 13.9. The quantitative estimate of drug-likeness (QED) is 0.305. The van der Waals surface area contributed by atoms with Gasteiger partial charge in [-0.15, -0.1) is 11.3 Å². The van der Waals surface area contributed by atoms with Crippen molar-refractivity contribution in [2.75, 3.05) is 19.6 Å². The lowest BCUT2D eigenvalue weighted by atomic mass is 10.1. The molecule has 2 heterocycles. The Balaban J connectivity index is 1.21. The van der Waals surface area contributed by atoms with Crippen LogP contribution in [0.2, 0.25) is 0 Å². The van der Waals surface area contributed by atoms with Gasteiger partial charge >= 0.3 is 0 Å². The lowest BCUT2D eigenvalue weighted by molar-refractivity contribution is 0.0736. The van der Waals surface area contributed by atoms with E-state index in [0.29, 0.717) is 48.3 Å². The fraction of sp³-hybridized carbons (Fsp3) is 0.345. The molecule has 0 bridgehead atoms. The summed E-state index contributed by atoms with van der Waals surface area (Å²) < 4.78 is 5.42. The Morgan fingerprint density at radius 2 is 1.94 bits per heavy atom. The van der Waals surface area contributed by atoms with E-state index in [1.807, 2.05) is 23.1 Å². The van der Waals surface area contributed by atoms with Gasteiger partial charge in [0.15, 0.2) is 0 Å². The molecular weight excluding hydrogens is 470 g/mol. The van der Waals surface area contributed by atoms with E-state index in [4.69, 9.17) is 9.40 Å². The smallest absolute Gasteiger partial charge is 0.274 e. The minimum atomic E-state index is -0.161. The first kappa shape index (κ1) is 23.0. The van der Waals surface area contributed by atoms with Gasteiger partial charge in [0.1, 0.15) is 11.3 Å². The zero-order valence-corrected chi connectivity index (χ0v) is 21.1. The first-order valence-electron chi connectivity index (χ1n) is 12.7. The monoisotopic (exact) mass is 499 g/mol. The highest BCUT2D eigenvalue weighted by Crippen LogP contribution is 2.45. The molecule has 2 aliphatic rings. The topological polar surface area (TPSA) is 75.4 Å². The molecule has 6 nitrogen and oxygen atoms in total. The van der Waals surface area contributed by atoms with Crippen LogP contribution in [0, 0.1) is 12.8 Å². The minimum absolute atomic E-state index is 0.0345. The Hall–Kier alpha value is -3.45. The summed E-state index contributed by atoms with van der Waals surface area (Å²) in [5.41, 5.74) is 4.04. The van der Waals surface area contributed by atoms with Crippen LogP contribution in [0.4, 0.5) is 0 Å². The number of nitrogens with one attached hydrogen (secondary N) is 1. The fourth-order valence-electron chi connectivity index (χ4n) is 4.60. The van der Waals surface area contributed by atoms with Crippen molar-refractivity contribution in [2.24, 2.45) is 5.92 Å². The van der Waals surface area contributed by atoms with Crippen LogP contribution in [0.15, 0.2) is 59.2 Å². The van der Waals surface area contributed by atoms with Crippen molar-refractivity contribution >= 4 is 34.1 Å². The Kier molecular flexibility index (Phi) is 6.09. The molecule has 2 amide bonds. The number of benzene rings is 2. The predicted molar refractivity (Wildman–Crippen MR) is 141 cm³/mol. The number of rotatable bonds is 9. The SMILES string of the molecule is Cc1cccc(-c2sc(C3CC3)nc2C(=O)N(CCNC(=O)c2cccc3occc23)CC2CC2)c1. The van der Waals surface area contributed by atoms with Gasteiger partial charge in [0, 0.05) is 30.9 Å². The molecule has 1 N–H and O–H groups in total. The third-order valence-corrected chi connectivity index (χ3v) is 8.19. The molecule has 0 unspecified atom stereocenters. The second-order valence-corrected chi connectivity index (χ2v) is 11.0. The lowest BCUT2D eigenvalue weighted by Crippen LogP contribution is -2.40. The van der Waals surface area contributed by atoms with Crippen molar-refractivity contribution in [3.05, 3.63) is 76.6 Å². The average molecular weight is 500 g/mol. The summed E-state index contributed by atoms with van der Waals surface area (Å²) in [6.07, 6.45) is 6.18. The molecule has 0 aliphatic heterocycles. The van der Waals surface area contributed by atoms with Crippen LogP contribution in [-0.4, -0.2) is 41.3 Å². The van der Waals surface area contributed by atoms with Crippen LogP contribution in [0.1, 0.15) is 63.0 Å². The zero-order valence-electron chi connectivity index (χ0n) is 20.3. The molecule has 0 radical (unpaired) electrons. The van der Waals surface area contributed by atoms with Gasteiger partial charge in [0.05, 0.1) is 21.7 Å². The van der Waals surface area contributed by atoms with Crippen molar-refractivity contribution in [3.63, 3.8) is 0 Å². The van der Waals surface area contributed by atoms with Crippen molar-refractivity contribution in [1.82, 2.24) is 15.2 Å². The Morgan fingerprint density at radius 1 is 1.11 bits per heavy atom. The highest BCUT2D eigenvalue weighted by atomic mass is 32.1. The van der Waals surface area contributed by atoms with Gasteiger partial charge in [-0.3, -0.25) is 9.59 Å². The van der Waals surface area contributed by atoms with E-state index >= 15 is 0 Å². The number of nitrogens with zero attached hydrogens (tertiary/aromatic N) is 2. The van der Waals surface area contributed by atoms with Gasteiger partial charge in [0.2, 0.25) is 0 Å². The summed E-state index contributed by atoms with van der Waals surface area (Å²) in [4.78, 5) is 34.5. The summed E-state index contributed by atoms with van der Waals surface area (Å²) >= 11 is 1.66. The number of hydrogen-bond donors (Lipinski definition) is 1. The second kappa shape index (κ2) is 9.54.